The van der Waals surface area contributed by atoms with E-state index in [-0.39, 0.29) is 0 Å². The van der Waals surface area contributed by atoms with E-state index in [4.69, 9.17) is 0 Å². The number of guanidine groups is 1. The summed E-state index contributed by atoms with van der Waals surface area (Å²) in [5, 5.41) is 6.63. The first kappa shape index (κ1) is 16.9. The lowest BCUT2D eigenvalue weighted by molar-refractivity contribution is 0.666. The Morgan fingerprint density at radius 2 is 2.04 bits per heavy atom. The maximum Gasteiger partial charge on any atom is 0.191 e. The molecule has 0 aromatic carbocycles. The molecule has 0 atom stereocenters. The molecule has 2 aromatic heterocycles. The van der Waals surface area contributed by atoms with Crippen LogP contribution < -0.4 is 15.5 Å². The SMILES string of the molecule is CCNC(=NCc1ccnc(N(C)C)c1)NCCn1cccc1. The van der Waals surface area contributed by atoms with Crippen molar-refractivity contribution in [2.75, 3.05) is 32.1 Å². The normalized spacial score (nSPS) is 11.3. The van der Waals surface area contributed by atoms with Crippen LogP contribution in [-0.4, -0.2) is 42.7 Å². The van der Waals surface area contributed by atoms with E-state index in [9.17, 15) is 0 Å². The van der Waals surface area contributed by atoms with Gasteiger partial charge in [0.15, 0.2) is 5.96 Å². The van der Waals surface area contributed by atoms with Crippen molar-refractivity contribution < 1.29 is 0 Å². The molecule has 124 valence electrons. The van der Waals surface area contributed by atoms with E-state index in [0.717, 1.165) is 37.0 Å². The molecule has 2 N–H and O–H groups in total. The van der Waals surface area contributed by atoms with Gasteiger partial charge in [0.1, 0.15) is 5.82 Å². The number of hydrogen-bond donors (Lipinski definition) is 2. The second-order valence-corrected chi connectivity index (χ2v) is 5.46. The number of nitrogens with one attached hydrogen (secondary N) is 2. The molecular weight excluding hydrogens is 288 g/mol. The van der Waals surface area contributed by atoms with E-state index in [2.05, 4.69) is 50.6 Å². The number of aliphatic imine (C=N–C) groups is 1. The maximum absolute atomic E-state index is 4.64. The van der Waals surface area contributed by atoms with Crippen LogP contribution >= 0.6 is 0 Å². The second-order valence-electron chi connectivity index (χ2n) is 5.46. The zero-order valence-corrected chi connectivity index (χ0v) is 14.2. The average molecular weight is 314 g/mol. The highest BCUT2D eigenvalue weighted by Gasteiger charge is 2.01. The third-order valence-corrected chi connectivity index (χ3v) is 3.36. The molecule has 23 heavy (non-hydrogen) atoms. The molecule has 0 aliphatic carbocycles. The van der Waals surface area contributed by atoms with Crippen molar-refractivity contribution in [2.24, 2.45) is 4.99 Å². The summed E-state index contributed by atoms with van der Waals surface area (Å²) >= 11 is 0. The number of nitrogens with zero attached hydrogens (tertiary/aromatic N) is 4. The Hall–Kier alpha value is -2.50. The van der Waals surface area contributed by atoms with E-state index >= 15 is 0 Å². The minimum atomic E-state index is 0.627. The van der Waals surface area contributed by atoms with Gasteiger partial charge in [-0.3, -0.25) is 0 Å². The van der Waals surface area contributed by atoms with Crippen molar-refractivity contribution >= 4 is 11.8 Å². The number of anilines is 1. The van der Waals surface area contributed by atoms with Crippen LogP contribution in [0, 0.1) is 0 Å². The van der Waals surface area contributed by atoms with Crippen LogP contribution in [0.3, 0.4) is 0 Å². The smallest absolute Gasteiger partial charge is 0.191 e. The second kappa shape index (κ2) is 8.82. The number of pyridine rings is 1. The van der Waals surface area contributed by atoms with Crippen LogP contribution in [-0.2, 0) is 13.1 Å². The Balaban J connectivity index is 1.91. The van der Waals surface area contributed by atoms with Crippen LogP contribution in [0.5, 0.6) is 0 Å². The highest BCUT2D eigenvalue weighted by Crippen LogP contribution is 2.10. The number of rotatable bonds is 7. The van der Waals surface area contributed by atoms with Gasteiger partial charge in [-0.25, -0.2) is 9.98 Å². The molecule has 0 aliphatic rings. The molecule has 2 aromatic rings. The van der Waals surface area contributed by atoms with Crippen molar-refractivity contribution in [1.29, 1.82) is 0 Å². The van der Waals surface area contributed by atoms with Crippen LogP contribution in [0.2, 0.25) is 0 Å². The largest absolute Gasteiger partial charge is 0.363 e. The van der Waals surface area contributed by atoms with E-state index in [0.29, 0.717) is 6.54 Å². The molecule has 0 spiro atoms. The molecule has 0 saturated heterocycles. The van der Waals surface area contributed by atoms with Crippen LogP contribution in [0.1, 0.15) is 12.5 Å². The Kier molecular flexibility index (Phi) is 6.47. The molecule has 0 bridgehead atoms. The average Bonchev–Trinajstić information content (AvgIpc) is 3.06. The molecule has 0 unspecified atom stereocenters. The summed E-state index contributed by atoms with van der Waals surface area (Å²) in [6, 6.07) is 8.13. The van der Waals surface area contributed by atoms with Gasteiger partial charge in [0, 0.05) is 52.3 Å². The molecule has 0 aliphatic heterocycles. The zero-order chi connectivity index (χ0) is 16.5. The van der Waals surface area contributed by atoms with Gasteiger partial charge in [0.05, 0.1) is 6.54 Å². The van der Waals surface area contributed by atoms with Gasteiger partial charge in [-0.2, -0.15) is 0 Å². The molecule has 0 radical (unpaired) electrons. The fourth-order valence-electron chi connectivity index (χ4n) is 2.14. The molecule has 2 heterocycles. The fraction of sp³-hybridized carbons (Fsp3) is 0.412. The third-order valence-electron chi connectivity index (χ3n) is 3.36. The van der Waals surface area contributed by atoms with Crippen molar-refractivity contribution in [3.63, 3.8) is 0 Å². The minimum Gasteiger partial charge on any atom is -0.363 e. The van der Waals surface area contributed by atoms with Gasteiger partial charge < -0.3 is 20.1 Å². The van der Waals surface area contributed by atoms with Crippen molar-refractivity contribution in [1.82, 2.24) is 20.2 Å². The van der Waals surface area contributed by atoms with Gasteiger partial charge in [-0.1, -0.05) is 0 Å². The van der Waals surface area contributed by atoms with E-state index in [1.807, 2.05) is 43.4 Å². The number of aromatic nitrogens is 2. The first-order valence-corrected chi connectivity index (χ1v) is 7.94. The monoisotopic (exact) mass is 314 g/mol. The standard InChI is InChI=1S/C17H26N6/c1-4-18-17(20-9-12-23-10-5-6-11-23)21-14-15-7-8-19-16(13-15)22(2)3/h5-8,10-11,13H,4,9,12,14H2,1-3H3,(H2,18,20,21). The summed E-state index contributed by atoms with van der Waals surface area (Å²) in [6.07, 6.45) is 5.95. The molecule has 6 heteroatoms. The van der Waals surface area contributed by atoms with Crippen LogP contribution in [0.4, 0.5) is 5.82 Å². The summed E-state index contributed by atoms with van der Waals surface area (Å²) in [5.41, 5.74) is 1.14. The Morgan fingerprint density at radius 3 is 2.74 bits per heavy atom. The summed E-state index contributed by atoms with van der Waals surface area (Å²) in [5.74, 6) is 1.78. The van der Waals surface area contributed by atoms with Gasteiger partial charge >= 0.3 is 0 Å². The lowest BCUT2D eigenvalue weighted by Gasteiger charge is -2.13. The Bertz CT molecular complexity index is 603. The number of hydrogen-bond acceptors (Lipinski definition) is 3. The molecular formula is C17H26N6. The molecule has 0 amide bonds. The van der Waals surface area contributed by atoms with Crippen molar-refractivity contribution in [3.05, 3.63) is 48.4 Å². The third kappa shape index (κ3) is 5.65. The summed E-state index contributed by atoms with van der Waals surface area (Å²) in [4.78, 5) is 11.0. The predicted molar refractivity (Wildman–Crippen MR) is 95.8 cm³/mol. The first-order valence-electron chi connectivity index (χ1n) is 7.94. The van der Waals surface area contributed by atoms with E-state index < -0.39 is 0 Å². The molecule has 6 nitrogen and oxygen atoms in total. The van der Waals surface area contributed by atoms with Gasteiger partial charge in [-0.05, 0) is 36.8 Å². The van der Waals surface area contributed by atoms with Gasteiger partial charge in [0.2, 0.25) is 0 Å². The maximum atomic E-state index is 4.64. The van der Waals surface area contributed by atoms with Gasteiger partial charge in [0.25, 0.3) is 0 Å². The van der Waals surface area contributed by atoms with Crippen molar-refractivity contribution in [3.8, 4) is 0 Å². The summed E-state index contributed by atoms with van der Waals surface area (Å²) in [7, 11) is 3.98. The van der Waals surface area contributed by atoms with E-state index in [1.54, 1.807) is 0 Å². The lowest BCUT2D eigenvalue weighted by atomic mass is 10.2. The van der Waals surface area contributed by atoms with E-state index in [1.165, 1.54) is 0 Å². The Labute approximate surface area is 138 Å². The lowest BCUT2D eigenvalue weighted by Crippen LogP contribution is -2.38. The highest BCUT2D eigenvalue weighted by atomic mass is 15.2. The van der Waals surface area contributed by atoms with Crippen LogP contribution in [0.15, 0.2) is 47.8 Å². The highest BCUT2D eigenvalue weighted by molar-refractivity contribution is 5.79. The zero-order valence-electron chi connectivity index (χ0n) is 14.2. The van der Waals surface area contributed by atoms with Gasteiger partial charge in [-0.15, -0.1) is 0 Å². The molecule has 2 rings (SSSR count). The topological polar surface area (TPSA) is 57.5 Å². The fourth-order valence-corrected chi connectivity index (χ4v) is 2.14. The quantitative estimate of drug-likeness (QED) is 0.603. The Morgan fingerprint density at radius 1 is 1.26 bits per heavy atom. The molecule has 0 fully saturated rings. The summed E-state index contributed by atoms with van der Waals surface area (Å²) < 4.78 is 2.14. The first-order chi connectivity index (χ1) is 11.2. The minimum absolute atomic E-state index is 0.627. The predicted octanol–water partition coefficient (Wildman–Crippen LogP) is 1.70. The van der Waals surface area contributed by atoms with Crippen LogP contribution in [0.25, 0.3) is 0 Å². The summed E-state index contributed by atoms with van der Waals surface area (Å²) in [6.45, 7) is 5.29. The molecule has 0 saturated carbocycles. The van der Waals surface area contributed by atoms with Crippen molar-refractivity contribution in [2.45, 2.75) is 20.0 Å².